The number of oxazole rings is 1. The maximum absolute atomic E-state index is 12.3. The Balaban J connectivity index is 1.64. The molecule has 0 aliphatic carbocycles. The van der Waals surface area contributed by atoms with Crippen LogP contribution in [0, 0.1) is 6.92 Å². The Morgan fingerprint density at radius 2 is 2.22 bits per heavy atom. The molecule has 3 rings (SSSR count). The average Bonchev–Trinajstić information content (AvgIpc) is 3.14. The molecule has 0 unspecified atom stereocenters. The molecule has 0 aromatic carbocycles. The first-order valence-electron chi connectivity index (χ1n) is 7.39. The summed E-state index contributed by atoms with van der Waals surface area (Å²) >= 11 is 0. The van der Waals surface area contributed by atoms with E-state index in [4.69, 9.17) is 4.42 Å². The van der Waals surface area contributed by atoms with Gasteiger partial charge >= 0.3 is 0 Å². The third kappa shape index (κ3) is 3.31. The van der Waals surface area contributed by atoms with E-state index >= 15 is 0 Å². The maximum Gasteiger partial charge on any atom is 0.275 e. The summed E-state index contributed by atoms with van der Waals surface area (Å²) in [6, 6.07) is 1.75. The van der Waals surface area contributed by atoms with Gasteiger partial charge in [-0.3, -0.25) is 4.79 Å². The summed E-state index contributed by atoms with van der Waals surface area (Å²) in [7, 11) is 1.64. The van der Waals surface area contributed by atoms with Crippen molar-refractivity contribution in [1.29, 1.82) is 0 Å². The lowest BCUT2D eigenvalue weighted by molar-refractivity contribution is 0.0261. The highest BCUT2D eigenvalue weighted by Gasteiger charge is 2.39. The van der Waals surface area contributed by atoms with Crippen molar-refractivity contribution in [3.05, 3.63) is 36.3 Å². The second kappa shape index (κ2) is 5.96. The lowest BCUT2D eigenvalue weighted by Crippen LogP contribution is -2.46. The predicted octanol–water partition coefficient (Wildman–Crippen LogP) is 0.486. The Bertz CT molecular complexity index is 689. The third-order valence-corrected chi connectivity index (χ3v) is 3.88. The van der Waals surface area contributed by atoms with Gasteiger partial charge in [-0.2, -0.15) is 0 Å². The number of anilines is 1. The molecule has 1 aliphatic heterocycles. The van der Waals surface area contributed by atoms with Crippen molar-refractivity contribution >= 4 is 11.9 Å². The molecule has 1 saturated heterocycles. The normalized spacial score (nSPS) is 20.7. The molecular formula is C15H19N5O3. The van der Waals surface area contributed by atoms with E-state index in [9.17, 15) is 9.90 Å². The standard InChI is InChI=1S/C15H19N5O3/c1-11-18-12(8-23-11)13(21)19(2)9-15(22)4-7-20(10-15)14-16-5-3-6-17-14/h3,5-6,8,22H,4,7,9-10H2,1-2H3/t15-/m0/s1. The number of aliphatic hydroxyl groups is 1. The number of β-amino-alcohol motifs (C(OH)–C–C–N with tert-alkyl or cyclic N) is 1. The van der Waals surface area contributed by atoms with Crippen molar-refractivity contribution in [2.24, 2.45) is 0 Å². The molecule has 1 atom stereocenters. The minimum atomic E-state index is -0.998. The van der Waals surface area contributed by atoms with Crippen LogP contribution < -0.4 is 4.90 Å². The molecule has 2 aromatic rings. The minimum absolute atomic E-state index is 0.209. The zero-order valence-electron chi connectivity index (χ0n) is 13.1. The smallest absolute Gasteiger partial charge is 0.275 e. The average molecular weight is 317 g/mol. The Morgan fingerprint density at radius 3 is 2.87 bits per heavy atom. The van der Waals surface area contributed by atoms with Crippen molar-refractivity contribution < 1.29 is 14.3 Å². The Kier molecular flexibility index (Phi) is 3.99. The van der Waals surface area contributed by atoms with Gasteiger partial charge in [-0.1, -0.05) is 0 Å². The number of rotatable bonds is 4. The first-order valence-corrected chi connectivity index (χ1v) is 7.39. The van der Waals surface area contributed by atoms with Crippen LogP contribution in [-0.4, -0.2) is 63.1 Å². The number of nitrogens with zero attached hydrogens (tertiary/aromatic N) is 5. The molecule has 23 heavy (non-hydrogen) atoms. The maximum atomic E-state index is 12.3. The number of aryl methyl sites for hydroxylation is 1. The number of aromatic nitrogens is 3. The van der Waals surface area contributed by atoms with Crippen LogP contribution in [-0.2, 0) is 0 Å². The fraction of sp³-hybridized carbons (Fsp3) is 0.467. The van der Waals surface area contributed by atoms with Gasteiger partial charge in [0.05, 0.1) is 13.1 Å². The van der Waals surface area contributed by atoms with Crippen molar-refractivity contribution in [2.75, 3.05) is 31.6 Å². The summed E-state index contributed by atoms with van der Waals surface area (Å²) in [5.74, 6) is 0.753. The van der Waals surface area contributed by atoms with E-state index in [0.29, 0.717) is 31.3 Å². The van der Waals surface area contributed by atoms with Crippen molar-refractivity contribution in [1.82, 2.24) is 19.9 Å². The molecular weight excluding hydrogens is 298 g/mol. The molecule has 1 fully saturated rings. The van der Waals surface area contributed by atoms with Crippen LogP contribution in [0.2, 0.25) is 0 Å². The van der Waals surface area contributed by atoms with Gasteiger partial charge < -0.3 is 19.3 Å². The topological polar surface area (TPSA) is 95.6 Å². The number of likely N-dealkylation sites (N-methyl/N-ethyl adjacent to an activating group) is 1. The van der Waals surface area contributed by atoms with Crippen LogP contribution in [0.3, 0.4) is 0 Å². The number of carbonyl (C=O) groups excluding carboxylic acids is 1. The van der Waals surface area contributed by atoms with Gasteiger partial charge in [0.25, 0.3) is 5.91 Å². The highest BCUT2D eigenvalue weighted by atomic mass is 16.3. The molecule has 3 heterocycles. The van der Waals surface area contributed by atoms with Crippen LogP contribution in [0.1, 0.15) is 22.8 Å². The second-order valence-corrected chi connectivity index (χ2v) is 5.86. The molecule has 2 aromatic heterocycles. The first-order chi connectivity index (χ1) is 11.0. The summed E-state index contributed by atoms with van der Waals surface area (Å²) < 4.78 is 5.06. The van der Waals surface area contributed by atoms with Gasteiger partial charge in [-0.15, -0.1) is 0 Å². The Hall–Kier alpha value is -2.48. The van der Waals surface area contributed by atoms with Crippen molar-refractivity contribution in [3.63, 3.8) is 0 Å². The molecule has 1 N–H and O–H groups in total. The van der Waals surface area contributed by atoms with E-state index in [-0.39, 0.29) is 18.1 Å². The van der Waals surface area contributed by atoms with Gasteiger partial charge in [0.2, 0.25) is 5.95 Å². The molecule has 1 amide bonds. The summed E-state index contributed by atoms with van der Waals surface area (Å²) in [6.07, 6.45) is 5.21. The molecule has 8 nitrogen and oxygen atoms in total. The Labute approximate surface area is 133 Å². The zero-order chi connectivity index (χ0) is 16.4. The van der Waals surface area contributed by atoms with E-state index < -0.39 is 5.60 Å². The second-order valence-electron chi connectivity index (χ2n) is 5.86. The zero-order valence-corrected chi connectivity index (χ0v) is 13.1. The molecule has 0 radical (unpaired) electrons. The molecule has 1 aliphatic rings. The monoisotopic (exact) mass is 317 g/mol. The van der Waals surface area contributed by atoms with E-state index in [1.807, 2.05) is 4.90 Å². The highest BCUT2D eigenvalue weighted by Crippen LogP contribution is 2.25. The van der Waals surface area contributed by atoms with Crippen molar-refractivity contribution in [2.45, 2.75) is 18.9 Å². The van der Waals surface area contributed by atoms with E-state index in [2.05, 4.69) is 15.0 Å². The summed E-state index contributed by atoms with van der Waals surface area (Å²) in [4.78, 5) is 28.1. The predicted molar refractivity (Wildman–Crippen MR) is 82.0 cm³/mol. The number of hydrogen-bond donors (Lipinski definition) is 1. The van der Waals surface area contributed by atoms with E-state index in [0.717, 1.165) is 0 Å². The fourth-order valence-electron chi connectivity index (χ4n) is 2.78. The van der Waals surface area contributed by atoms with Crippen LogP contribution in [0.4, 0.5) is 5.95 Å². The minimum Gasteiger partial charge on any atom is -0.448 e. The Morgan fingerprint density at radius 1 is 1.48 bits per heavy atom. The highest BCUT2D eigenvalue weighted by molar-refractivity contribution is 5.91. The van der Waals surface area contributed by atoms with Crippen LogP contribution in [0.5, 0.6) is 0 Å². The quantitative estimate of drug-likeness (QED) is 0.876. The first kappa shape index (κ1) is 15.4. The summed E-state index contributed by atoms with van der Waals surface area (Å²) in [5, 5.41) is 10.8. The number of amides is 1. The molecule has 8 heteroatoms. The van der Waals surface area contributed by atoms with Gasteiger partial charge in [-0.05, 0) is 12.5 Å². The largest absolute Gasteiger partial charge is 0.448 e. The van der Waals surface area contributed by atoms with Gasteiger partial charge in [0.1, 0.15) is 11.9 Å². The van der Waals surface area contributed by atoms with Crippen LogP contribution >= 0.6 is 0 Å². The summed E-state index contributed by atoms with van der Waals surface area (Å²) in [6.45, 7) is 2.91. The number of carbonyl (C=O) groups is 1. The van der Waals surface area contributed by atoms with Gasteiger partial charge in [0, 0.05) is 32.9 Å². The lowest BCUT2D eigenvalue weighted by Gasteiger charge is -2.28. The van der Waals surface area contributed by atoms with E-state index in [1.165, 1.54) is 11.2 Å². The molecule has 0 bridgehead atoms. The lowest BCUT2D eigenvalue weighted by atomic mass is 10.0. The molecule has 122 valence electrons. The van der Waals surface area contributed by atoms with Crippen LogP contribution in [0.25, 0.3) is 0 Å². The van der Waals surface area contributed by atoms with Crippen LogP contribution in [0.15, 0.2) is 29.1 Å². The third-order valence-electron chi connectivity index (χ3n) is 3.88. The van der Waals surface area contributed by atoms with Gasteiger partial charge in [0.15, 0.2) is 11.6 Å². The molecule has 0 spiro atoms. The SMILES string of the molecule is Cc1nc(C(=O)N(C)C[C@@]2(O)CCN(c3ncccn3)C2)co1. The van der Waals surface area contributed by atoms with E-state index in [1.54, 1.807) is 32.4 Å². The molecule has 0 saturated carbocycles. The van der Waals surface area contributed by atoms with Gasteiger partial charge in [-0.25, -0.2) is 15.0 Å². The van der Waals surface area contributed by atoms with Crippen molar-refractivity contribution in [3.8, 4) is 0 Å². The fourth-order valence-corrected chi connectivity index (χ4v) is 2.78. The number of hydrogen-bond acceptors (Lipinski definition) is 7. The summed E-state index contributed by atoms with van der Waals surface area (Å²) in [5.41, 5.74) is -0.752.